The third-order valence-corrected chi connectivity index (χ3v) is 1.18. The first-order valence-electron chi connectivity index (χ1n) is 2.95. The van der Waals surface area contributed by atoms with Gasteiger partial charge in [0.15, 0.2) is 0 Å². The van der Waals surface area contributed by atoms with E-state index in [1.54, 1.807) is 0 Å². The standard InChI is InChI=1S/C5H10N2O4.Na/c6-2-3(1-4(8)9)5(10)7-11;/h3,11H,1-2,6H2,(H,7,10)(H,8,9);/q;+1/p-1. The van der Waals surface area contributed by atoms with Gasteiger partial charge in [-0.2, -0.15) is 0 Å². The van der Waals surface area contributed by atoms with E-state index in [1.165, 1.54) is 5.48 Å². The number of carboxylic acid groups (broad SMARTS) is 1. The topological polar surface area (TPSA) is 115 Å². The van der Waals surface area contributed by atoms with Gasteiger partial charge >= 0.3 is 29.6 Å². The van der Waals surface area contributed by atoms with Crippen molar-refractivity contribution >= 4 is 11.9 Å². The van der Waals surface area contributed by atoms with Crippen molar-refractivity contribution in [2.24, 2.45) is 11.7 Å². The van der Waals surface area contributed by atoms with Crippen LogP contribution in [0.4, 0.5) is 0 Å². The average Bonchev–Trinajstić information content (AvgIpc) is 1.98. The zero-order valence-electron chi connectivity index (χ0n) is 6.74. The van der Waals surface area contributed by atoms with Crippen molar-refractivity contribution in [1.29, 1.82) is 0 Å². The molecule has 6 nitrogen and oxygen atoms in total. The number of nitrogens with two attached hydrogens (primary N) is 1. The van der Waals surface area contributed by atoms with Gasteiger partial charge in [-0.1, -0.05) is 0 Å². The summed E-state index contributed by atoms with van der Waals surface area (Å²) in [7, 11) is 0. The van der Waals surface area contributed by atoms with Crippen LogP contribution in [0.5, 0.6) is 0 Å². The van der Waals surface area contributed by atoms with Crippen LogP contribution in [-0.2, 0) is 9.59 Å². The predicted molar refractivity (Wildman–Crippen MR) is 32.1 cm³/mol. The minimum Gasteiger partial charge on any atom is -0.550 e. The molecule has 1 amide bonds. The van der Waals surface area contributed by atoms with Crippen LogP contribution in [0.2, 0.25) is 0 Å². The van der Waals surface area contributed by atoms with Crippen molar-refractivity contribution in [3.05, 3.63) is 0 Å². The summed E-state index contributed by atoms with van der Waals surface area (Å²) in [5.41, 5.74) is 6.35. The third kappa shape index (κ3) is 5.50. The molecule has 1 atom stereocenters. The Morgan fingerprint density at radius 2 is 2.08 bits per heavy atom. The zero-order chi connectivity index (χ0) is 8.85. The first-order valence-corrected chi connectivity index (χ1v) is 2.95. The molecule has 0 fully saturated rings. The van der Waals surface area contributed by atoms with E-state index in [2.05, 4.69) is 0 Å². The zero-order valence-corrected chi connectivity index (χ0v) is 8.74. The molecule has 0 saturated carbocycles. The normalized spacial score (nSPS) is 11.2. The van der Waals surface area contributed by atoms with E-state index in [1.807, 2.05) is 0 Å². The molecule has 1 unspecified atom stereocenters. The van der Waals surface area contributed by atoms with Gasteiger partial charge in [0.05, 0.1) is 5.92 Å². The monoisotopic (exact) mass is 184 g/mol. The smallest absolute Gasteiger partial charge is 0.550 e. The Balaban J connectivity index is 0. The predicted octanol–water partition coefficient (Wildman–Crippen LogP) is -5.79. The Kier molecular flexibility index (Phi) is 9.00. The minimum atomic E-state index is -1.37. The molecular formula is C5H9N2NaO4. The second-order valence-electron chi connectivity index (χ2n) is 1.98. The van der Waals surface area contributed by atoms with Gasteiger partial charge in [0, 0.05) is 12.5 Å². The molecule has 0 aromatic rings. The number of nitrogens with one attached hydrogen (secondary N) is 1. The number of amides is 1. The number of rotatable bonds is 4. The molecule has 0 aliphatic heterocycles. The van der Waals surface area contributed by atoms with E-state index in [0.717, 1.165) is 0 Å². The SMILES string of the molecule is NCC(CC(=O)[O-])C(=O)NO.[Na+]. The van der Waals surface area contributed by atoms with Gasteiger partial charge in [0.1, 0.15) is 0 Å². The summed E-state index contributed by atoms with van der Waals surface area (Å²) in [5.74, 6) is -3.11. The van der Waals surface area contributed by atoms with Crippen molar-refractivity contribution < 1.29 is 49.5 Å². The van der Waals surface area contributed by atoms with Crippen molar-refractivity contribution in [1.82, 2.24) is 5.48 Å². The van der Waals surface area contributed by atoms with E-state index in [4.69, 9.17) is 10.9 Å². The van der Waals surface area contributed by atoms with Gasteiger partial charge in [-0.3, -0.25) is 10.0 Å². The van der Waals surface area contributed by atoms with Crippen molar-refractivity contribution in [3.63, 3.8) is 0 Å². The number of carboxylic acids is 1. The van der Waals surface area contributed by atoms with E-state index in [0.29, 0.717) is 0 Å². The molecule has 0 aliphatic rings. The van der Waals surface area contributed by atoms with E-state index >= 15 is 0 Å². The molecular weight excluding hydrogens is 175 g/mol. The Morgan fingerprint density at radius 1 is 1.58 bits per heavy atom. The number of hydrogen-bond donors (Lipinski definition) is 3. The summed E-state index contributed by atoms with van der Waals surface area (Å²) in [6, 6.07) is 0. The summed E-state index contributed by atoms with van der Waals surface area (Å²) in [4.78, 5) is 20.5. The van der Waals surface area contributed by atoms with E-state index < -0.39 is 24.2 Å². The Morgan fingerprint density at radius 3 is 2.33 bits per heavy atom. The quantitative estimate of drug-likeness (QED) is 0.229. The summed E-state index contributed by atoms with van der Waals surface area (Å²) >= 11 is 0. The summed E-state index contributed by atoms with van der Waals surface area (Å²) in [5, 5.41) is 18.0. The Hall–Kier alpha value is -0.140. The van der Waals surface area contributed by atoms with Gasteiger partial charge in [-0.15, -0.1) is 0 Å². The van der Waals surface area contributed by atoms with Crippen LogP contribution in [0.3, 0.4) is 0 Å². The molecule has 64 valence electrons. The minimum absolute atomic E-state index is 0. The van der Waals surface area contributed by atoms with Crippen LogP contribution in [-0.4, -0.2) is 23.6 Å². The maximum atomic E-state index is 10.5. The second-order valence-corrected chi connectivity index (χ2v) is 1.98. The fourth-order valence-corrected chi connectivity index (χ4v) is 0.576. The molecule has 7 heteroatoms. The first-order chi connectivity index (χ1) is 5.11. The number of aliphatic carboxylic acids is 1. The van der Waals surface area contributed by atoms with Crippen LogP contribution >= 0.6 is 0 Å². The molecule has 0 aromatic heterocycles. The largest absolute Gasteiger partial charge is 1.00 e. The molecule has 0 bridgehead atoms. The molecule has 0 rings (SSSR count). The van der Waals surface area contributed by atoms with E-state index in [-0.39, 0.29) is 36.1 Å². The third-order valence-electron chi connectivity index (χ3n) is 1.18. The molecule has 0 saturated heterocycles. The number of carbonyl (C=O) groups excluding carboxylic acids is 2. The fourth-order valence-electron chi connectivity index (χ4n) is 0.576. The molecule has 0 spiro atoms. The van der Waals surface area contributed by atoms with Crippen LogP contribution in [0.15, 0.2) is 0 Å². The number of hydrogen-bond acceptors (Lipinski definition) is 5. The van der Waals surface area contributed by atoms with Crippen molar-refractivity contribution in [3.8, 4) is 0 Å². The molecule has 0 aliphatic carbocycles. The van der Waals surface area contributed by atoms with Gasteiger partial charge < -0.3 is 15.6 Å². The summed E-state index contributed by atoms with van der Waals surface area (Å²) in [6.07, 6.45) is -0.483. The van der Waals surface area contributed by atoms with Crippen LogP contribution in [0.25, 0.3) is 0 Å². The van der Waals surface area contributed by atoms with Crippen molar-refractivity contribution in [2.45, 2.75) is 6.42 Å². The molecule has 12 heavy (non-hydrogen) atoms. The molecule has 0 aromatic carbocycles. The maximum Gasteiger partial charge on any atom is 1.00 e. The molecule has 4 N–H and O–H groups in total. The van der Waals surface area contributed by atoms with Gasteiger partial charge in [-0.05, 0) is 6.42 Å². The summed E-state index contributed by atoms with van der Waals surface area (Å²) in [6.45, 7) is -0.139. The first kappa shape index (κ1) is 14.4. The number of carbonyl (C=O) groups is 2. The Labute approximate surface area is 91.4 Å². The number of hydroxylamine groups is 1. The maximum absolute atomic E-state index is 10.5. The van der Waals surface area contributed by atoms with Crippen LogP contribution in [0, 0.1) is 5.92 Å². The van der Waals surface area contributed by atoms with Gasteiger partial charge in [-0.25, -0.2) is 5.48 Å². The van der Waals surface area contributed by atoms with Gasteiger partial charge in [0.2, 0.25) is 5.91 Å². The fraction of sp³-hybridized carbons (Fsp3) is 0.600. The summed E-state index contributed by atoms with van der Waals surface area (Å²) < 4.78 is 0. The second kappa shape index (κ2) is 7.51. The average molecular weight is 184 g/mol. The van der Waals surface area contributed by atoms with Crippen LogP contribution in [0.1, 0.15) is 6.42 Å². The van der Waals surface area contributed by atoms with Crippen molar-refractivity contribution in [2.75, 3.05) is 6.54 Å². The van der Waals surface area contributed by atoms with E-state index in [9.17, 15) is 14.7 Å². The molecule has 0 radical (unpaired) electrons. The molecule has 0 heterocycles. The van der Waals surface area contributed by atoms with Gasteiger partial charge in [0.25, 0.3) is 0 Å². The Bertz CT molecular complexity index is 164. The van der Waals surface area contributed by atoms with Crippen LogP contribution < -0.4 is 45.9 Å².